The Balaban J connectivity index is 2.93. The van der Waals surface area contributed by atoms with Crippen LogP contribution in [0, 0.1) is 17.3 Å². The van der Waals surface area contributed by atoms with Gasteiger partial charge in [0, 0.05) is 40.5 Å². The van der Waals surface area contributed by atoms with Gasteiger partial charge in [-0.25, -0.2) is 0 Å². The number of carbonyl (C=O) groups excluding carboxylic acids is 3. The number of hydrogen-bond acceptors (Lipinski definition) is 8. The maximum Gasteiger partial charge on any atom is 0.184 e. The van der Waals surface area contributed by atoms with Crippen molar-refractivity contribution in [1.29, 1.82) is 0 Å². The number of aromatic hydroxyl groups is 3. The van der Waals surface area contributed by atoms with E-state index in [-0.39, 0.29) is 35.1 Å². The summed E-state index contributed by atoms with van der Waals surface area (Å²) >= 11 is 0. The molecule has 0 fully saturated rings. The topological polar surface area (TPSA) is 152 Å². The highest BCUT2D eigenvalue weighted by atomic mass is 16.3. The molecule has 1 atom stereocenters. The van der Waals surface area contributed by atoms with Crippen LogP contribution in [0.1, 0.15) is 90.2 Å². The Kier molecular flexibility index (Phi) is 9.84. The zero-order valence-corrected chi connectivity index (χ0v) is 24.9. The average Bonchev–Trinajstić information content (AvgIpc) is 2.86. The zero-order valence-electron chi connectivity index (χ0n) is 24.9. The molecule has 218 valence electrons. The van der Waals surface area contributed by atoms with Gasteiger partial charge in [0.1, 0.15) is 34.3 Å². The minimum Gasteiger partial charge on any atom is -0.510 e. The summed E-state index contributed by atoms with van der Waals surface area (Å²) in [5.74, 6) is -6.20. The normalized spacial score (nSPS) is 17.5. The van der Waals surface area contributed by atoms with Crippen LogP contribution in [-0.4, -0.2) is 42.9 Å². The highest BCUT2D eigenvalue weighted by Gasteiger charge is 2.54. The fourth-order valence-electron chi connectivity index (χ4n) is 4.85. The molecular weight excluding hydrogens is 512 g/mol. The van der Waals surface area contributed by atoms with Gasteiger partial charge in [0.2, 0.25) is 0 Å². The van der Waals surface area contributed by atoms with Crippen molar-refractivity contribution in [2.75, 3.05) is 0 Å². The van der Waals surface area contributed by atoms with Gasteiger partial charge in [-0.2, -0.15) is 0 Å². The Morgan fingerprint density at radius 1 is 0.800 bits per heavy atom. The summed E-state index contributed by atoms with van der Waals surface area (Å²) in [5.41, 5.74) is -1.38. The van der Waals surface area contributed by atoms with Gasteiger partial charge in [-0.1, -0.05) is 51.0 Å². The number of rotatable bonds is 10. The number of allylic oxidation sites excluding steroid dienone is 7. The molecule has 2 rings (SSSR count). The van der Waals surface area contributed by atoms with E-state index in [1.165, 1.54) is 6.92 Å². The summed E-state index contributed by atoms with van der Waals surface area (Å²) in [6, 6.07) is 0. The van der Waals surface area contributed by atoms with Crippen LogP contribution in [0.2, 0.25) is 0 Å². The SMILES string of the molecule is CC(C)=CCc1c(O)c(CC2=C(O)C(C)=C(O)C(CC=C(C)C)(C(=O)C(C)C)C2=O)c(O)c(C(=O)C(C)C)c1O. The van der Waals surface area contributed by atoms with E-state index in [1.54, 1.807) is 53.7 Å². The third kappa shape index (κ3) is 5.71. The summed E-state index contributed by atoms with van der Waals surface area (Å²) in [7, 11) is 0. The summed E-state index contributed by atoms with van der Waals surface area (Å²) in [5, 5.41) is 55.6. The van der Waals surface area contributed by atoms with Crippen molar-refractivity contribution in [2.24, 2.45) is 17.3 Å². The van der Waals surface area contributed by atoms with E-state index in [0.717, 1.165) is 11.1 Å². The predicted molar refractivity (Wildman–Crippen MR) is 154 cm³/mol. The molecular formula is C32H42O8. The van der Waals surface area contributed by atoms with Crippen LogP contribution >= 0.6 is 0 Å². The molecule has 8 nitrogen and oxygen atoms in total. The fourth-order valence-corrected chi connectivity index (χ4v) is 4.85. The standard InChI is InChI=1S/C32H42O8/c1-15(2)10-11-20-26(35)21(28(37)23(27(20)36)24(33)17(5)6)14-22-25(34)19(9)30(39)32(31(22)40,13-12-16(3)4)29(38)18(7)8/h10,12,17-18,34-37,39H,11,13-14H2,1-9H3. The van der Waals surface area contributed by atoms with Gasteiger partial charge in [-0.3, -0.25) is 14.4 Å². The molecule has 0 saturated heterocycles. The monoisotopic (exact) mass is 554 g/mol. The summed E-state index contributed by atoms with van der Waals surface area (Å²) in [6.07, 6.45) is 2.70. The highest BCUT2D eigenvalue weighted by Crippen LogP contribution is 2.49. The van der Waals surface area contributed by atoms with E-state index in [2.05, 4.69) is 0 Å². The number of benzene rings is 1. The van der Waals surface area contributed by atoms with E-state index in [4.69, 9.17) is 0 Å². The molecule has 1 aliphatic rings. The fraction of sp³-hybridized carbons (Fsp3) is 0.469. The molecule has 0 amide bonds. The highest BCUT2D eigenvalue weighted by molar-refractivity contribution is 6.19. The molecule has 8 heteroatoms. The number of hydrogen-bond donors (Lipinski definition) is 5. The molecule has 0 heterocycles. The first-order valence-corrected chi connectivity index (χ1v) is 13.4. The third-order valence-corrected chi connectivity index (χ3v) is 7.28. The molecule has 1 unspecified atom stereocenters. The Morgan fingerprint density at radius 2 is 1.32 bits per heavy atom. The van der Waals surface area contributed by atoms with Gasteiger partial charge in [-0.05, 0) is 47.5 Å². The Bertz CT molecular complexity index is 1360. The number of aliphatic hydroxyl groups excluding tert-OH is 2. The minimum absolute atomic E-state index is 0.0227. The van der Waals surface area contributed by atoms with Crippen LogP contribution in [0.5, 0.6) is 17.2 Å². The maximum atomic E-state index is 14.1. The van der Waals surface area contributed by atoms with Crippen LogP contribution < -0.4 is 0 Å². The van der Waals surface area contributed by atoms with E-state index in [9.17, 15) is 39.9 Å². The largest absolute Gasteiger partial charge is 0.510 e. The lowest BCUT2D eigenvalue weighted by molar-refractivity contribution is -0.140. The van der Waals surface area contributed by atoms with Gasteiger partial charge < -0.3 is 25.5 Å². The molecule has 1 aromatic carbocycles. The zero-order chi connectivity index (χ0) is 30.9. The first kappa shape index (κ1) is 32.4. The number of ketones is 3. The minimum atomic E-state index is -2.01. The smallest absolute Gasteiger partial charge is 0.184 e. The van der Waals surface area contributed by atoms with E-state index in [0.29, 0.717) is 0 Å². The molecule has 0 saturated carbocycles. The molecule has 1 aromatic rings. The first-order valence-electron chi connectivity index (χ1n) is 13.4. The van der Waals surface area contributed by atoms with Crippen molar-refractivity contribution >= 4 is 17.3 Å². The lowest BCUT2D eigenvalue weighted by atomic mass is 9.64. The van der Waals surface area contributed by atoms with Crippen molar-refractivity contribution in [2.45, 2.75) is 81.6 Å². The van der Waals surface area contributed by atoms with Gasteiger partial charge in [0.15, 0.2) is 22.8 Å². The van der Waals surface area contributed by atoms with Crippen molar-refractivity contribution < 1.29 is 39.9 Å². The first-order chi connectivity index (χ1) is 18.4. The van der Waals surface area contributed by atoms with Crippen LogP contribution in [0.15, 0.2) is 46.0 Å². The summed E-state index contributed by atoms with van der Waals surface area (Å²) in [6.45, 7) is 15.0. The van der Waals surface area contributed by atoms with Gasteiger partial charge >= 0.3 is 0 Å². The van der Waals surface area contributed by atoms with Crippen LogP contribution in [-0.2, 0) is 22.4 Å². The molecule has 0 radical (unpaired) electrons. The third-order valence-electron chi connectivity index (χ3n) is 7.28. The van der Waals surface area contributed by atoms with Crippen molar-refractivity contribution in [3.8, 4) is 17.2 Å². The summed E-state index contributed by atoms with van der Waals surface area (Å²) < 4.78 is 0. The molecule has 0 spiro atoms. The number of Topliss-reactive ketones (excluding diaryl/α,β-unsaturated/α-hetero) is 3. The van der Waals surface area contributed by atoms with Gasteiger partial charge in [0.25, 0.3) is 0 Å². The van der Waals surface area contributed by atoms with Crippen LogP contribution in [0.4, 0.5) is 0 Å². The Hall–Kier alpha value is -3.81. The van der Waals surface area contributed by atoms with Crippen LogP contribution in [0.3, 0.4) is 0 Å². The van der Waals surface area contributed by atoms with Gasteiger partial charge in [-0.15, -0.1) is 0 Å². The number of phenols is 3. The second-order valence-electron chi connectivity index (χ2n) is 11.6. The van der Waals surface area contributed by atoms with Crippen molar-refractivity contribution in [3.63, 3.8) is 0 Å². The van der Waals surface area contributed by atoms with Crippen molar-refractivity contribution in [1.82, 2.24) is 0 Å². The van der Waals surface area contributed by atoms with E-state index in [1.807, 2.05) is 13.8 Å². The number of aliphatic hydroxyl groups is 2. The lowest BCUT2D eigenvalue weighted by Gasteiger charge is -2.36. The molecule has 0 aliphatic heterocycles. The van der Waals surface area contributed by atoms with Crippen molar-refractivity contribution in [3.05, 3.63) is 62.7 Å². The number of phenolic OH excluding ortho intramolecular Hbond substituents is 3. The van der Waals surface area contributed by atoms with Gasteiger partial charge in [0.05, 0.1) is 0 Å². The predicted octanol–water partition coefficient (Wildman–Crippen LogP) is 6.49. The Morgan fingerprint density at radius 3 is 1.80 bits per heavy atom. The molecule has 0 aromatic heterocycles. The lowest BCUT2D eigenvalue weighted by Crippen LogP contribution is -2.47. The molecule has 1 aliphatic carbocycles. The van der Waals surface area contributed by atoms with E-state index >= 15 is 0 Å². The number of carbonyl (C=O) groups is 3. The summed E-state index contributed by atoms with van der Waals surface area (Å²) in [4.78, 5) is 40.7. The second-order valence-corrected chi connectivity index (χ2v) is 11.6. The van der Waals surface area contributed by atoms with Crippen LogP contribution in [0.25, 0.3) is 0 Å². The average molecular weight is 555 g/mol. The Labute approximate surface area is 236 Å². The maximum absolute atomic E-state index is 14.1. The molecule has 5 N–H and O–H groups in total. The second kappa shape index (κ2) is 12.1. The quantitative estimate of drug-likeness (QED) is 0.125. The van der Waals surface area contributed by atoms with E-state index < -0.39 is 75.4 Å². The molecule has 0 bridgehead atoms. The molecule has 40 heavy (non-hydrogen) atoms.